The molecule has 2 aromatic heterocycles. The molecule has 0 atom stereocenters. The van der Waals surface area contributed by atoms with E-state index in [9.17, 15) is 4.39 Å². The van der Waals surface area contributed by atoms with E-state index >= 15 is 0 Å². The topological polar surface area (TPSA) is 46.8 Å². The van der Waals surface area contributed by atoms with E-state index in [0.29, 0.717) is 12.5 Å². The molecule has 0 saturated heterocycles. The van der Waals surface area contributed by atoms with Gasteiger partial charge >= 0.3 is 0 Å². The van der Waals surface area contributed by atoms with Crippen LogP contribution in [0.4, 0.5) is 10.1 Å². The Morgan fingerprint density at radius 1 is 1.14 bits per heavy atom. The zero-order chi connectivity index (χ0) is 14.9. The molecule has 0 fully saturated rings. The Bertz CT molecular complexity index is 805. The maximum Gasteiger partial charge on any atom is 0.194 e. The Balaban J connectivity index is 1.71. The van der Waals surface area contributed by atoms with Gasteiger partial charge in [-0.3, -0.25) is 9.55 Å². The molecule has 0 radical (unpaired) electrons. The fraction of sp³-hybridized carbons (Fsp3) is 0.133. The van der Waals surface area contributed by atoms with Crippen LogP contribution in [-0.4, -0.2) is 25.6 Å². The van der Waals surface area contributed by atoms with Crippen molar-refractivity contribution in [2.24, 2.45) is 0 Å². The van der Waals surface area contributed by atoms with Crippen molar-refractivity contribution in [3.05, 3.63) is 54.6 Å². The Morgan fingerprint density at radius 2 is 2.09 bits per heavy atom. The summed E-state index contributed by atoms with van der Waals surface area (Å²) in [4.78, 5) is 6.33. The predicted octanol–water partition coefficient (Wildman–Crippen LogP) is 3.01. The van der Waals surface area contributed by atoms with Crippen LogP contribution in [0.2, 0.25) is 0 Å². The van der Waals surface area contributed by atoms with E-state index < -0.39 is 0 Å². The van der Waals surface area contributed by atoms with Gasteiger partial charge in [-0.05, 0) is 24.3 Å². The van der Waals surface area contributed by atoms with Crippen molar-refractivity contribution in [3.63, 3.8) is 0 Å². The average molecular weight is 313 g/mol. The second-order valence-electron chi connectivity index (χ2n) is 4.91. The monoisotopic (exact) mass is 313 g/mol. The summed E-state index contributed by atoms with van der Waals surface area (Å²) in [5.41, 5.74) is 1.77. The molecule has 1 aromatic carbocycles. The Labute approximate surface area is 130 Å². The molecule has 0 spiro atoms. The molecule has 3 heterocycles. The van der Waals surface area contributed by atoms with Gasteiger partial charge in [0.15, 0.2) is 11.0 Å². The van der Waals surface area contributed by atoms with E-state index in [0.717, 1.165) is 22.3 Å². The molecule has 1 aliphatic rings. The van der Waals surface area contributed by atoms with E-state index in [2.05, 4.69) is 20.1 Å². The number of halogens is 1. The molecule has 0 unspecified atom stereocenters. The molecule has 7 heteroatoms. The lowest BCUT2D eigenvalue weighted by Gasteiger charge is -2.29. The van der Waals surface area contributed by atoms with E-state index in [-0.39, 0.29) is 5.82 Å². The van der Waals surface area contributed by atoms with Gasteiger partial charge in [0, 0.05) is 11.8 Å². The van der Waals surface area contributed by atoms with E-state index in [4.69, 9.17) is 0 Å². The minimum Gasteiger partial charge on any atom is -0.342 e. The van der Waals surface area contributed by atoms with Crippen LogP contribution in [-0.2, 0) is 6.67 Å². The summed E-state index contributed by atoms with van der Waals surface area (Å²) in [5.74, 6) is 1.19. The van der Waals surface area contributed by atoms with Crippen LogP contribution in [0.1, 0.15) is 0 Å². The SMILES string of the molecule is Fc1cccc(-c2nnc3n2CN(c2cccnc2)CS3)c1. The van der Waals surface area contributed by atoms with Gasteiger partial charge in [0.1, 0.15) is 5.82 Å². The van der Waals surface area contributed by atoms with Crippen molar-refractivity contribution >= 4 is 17.4 Å². The second-order valence-corrected chi connectivity index (χ2v) is 5.82. The van der Waals surface area contributed by atoms with Crippen LogP contribution < -0.4 is 4.90 Å². The fourth-order valence-corrected chi connectivity index (χ4v) is 3.31. The Morgan fingerprint density at radius 3 is 2.91 bits per heavy atom. The fourth-order valence-electron chi connectivity index (χ4n) is 2.41. The van der Waals surface area contributed by atoms with Crippen molar-refractivity contribution in [2.75, 3.05) is 10.8 Å². The third kappa shape index (κ3) is 2.33. The number of pyridine rings is 1. The molecular formula is C15H12FN5S. The number of thioether (sulfide) groups is 1. The normalized spacial score (nSPS) is 14.0. The second kappa shape index (κ2) is 5.42. The summed E-state index contributed by atoms with van der Waals surface area (Å²) in [5, 5.41) is 9.27. The summed E-state index contributed by atoms with van der Waals surface area (Å²) in [6.07, 6.45) is 3.58. The third-order valence-electron chi connectivity index (χ3n) is 3.47. The van der Waals surface area contributed by atoms with Crippen molar-refractivity contribution in [1.82, 2.24) is 19.7 Å². The number of hydrogen-bond acceptors (Lipinski definition) is 5. The molecule has 110 valence electrons. The number of fused-ring (bicyclic) bond motifs is 1. The van der Waals surface area contributed by atoms with Gasteiger partial charge < -0.3 is 4.90 Å². The van der Waals surface area contributed by atoms with Gasteiger partial charge in [0.25, 0.3) is 0 Å². The summed E-state index contributed by atoms with van der Waals surface area (Å²) < 4.78 is 15.4. The standard InChI is InChI=1S/C15H12FN5S/c16-12-4-1-3-11(7-12)14-18-19-15-21(14)9-20(10-22-15)13-5-2-6-17-8-13/h1-8H,9-10H2. The van der Waals surface area contributed by atoms with Crippen molar-refractivity contribution in [1.29, 1.82) is 0 Å². The van der Waals surface area contributed by atoms with Gasteiger partial charge in [-0.1, -0.05) is 23.9 Å². The zero-order valence-corrected chi connectivity index (χ0v) is 12.4. The smallest absolute Gasteiger partial charge is 0.194 e. The first kappa shape index (κ1) is 13.3. The van der Waals surface area contributed by atoms with Gasteiger partial charge in [-0.25, -0.2) is 4.39 Å². The summed E-state index contributed by atoms with van der Waals surface area (Å²) >= 11 is 1.61. The van der Waals surface area contributed by atoms with Crippen LogP contribution in [0.3, 0.4) is 0 Å². The first-order chi connectivity index (χ1) is 10.8. The van der Waals surface area contributed by atoms with Crippen LogP contribution in [0, 0.1) is 5.82 Å². The molecule has 5 nitrogen and oxygen atoms in total. The van der Waals surface area contributed by atoms with E-state index in [1.807, 2.05) is 29.0 Å². The van der Waals surface area contributed by atoms with Crippen LogP contribution in [0.5, 0.6) is 0 Å². The van der Waals surface area contributed by atoms with Crippen molar-refractivity contribution < 1.29 is 4.39 Å². The number of rotatable bonds is 2. The summed E-state index contributed by atoms with van der Waals surface area (Å²) in [6.45, 7) is 0.618. The van der Waals surface area contributed by atoms with Crippen molar-refractivity contribution in [2.45, 2.75) is 11.8 Å². The quantitative estimate of drug-likeness (QED) is 0.728. The maximum atomic E-state index is 13.5. The van der Waals surface area contributed by atoms with Crippen molar-refractivity contribution in [3.8, 4) is 11.4 Å². The Kier molecular flexibility index (Phi) is 3.27. The minimum atomic E-state index is -0.276. The number of aromatic nitrogens is 4. The molecule has 0 N–H and O–H groups in total. The maximum absolute atomic E-state index is 13.5. The van der Waals surface area contributed by atoms with E-state index in [1.54, 1.807) is 24.0 Å². The number of nitrogens with zero attached hydrogens (tertiary/aromatic N) is 5. The molecule has 22 heavy (non-hydrogen) atoms. The molecule has 0 saturated carbocycles. The lowest BCUT2D eigenvalue weighted by Crippen LogP contribution is -2.30. The largest absolute Gasteiger partial charge is 0.342 e. The van der Waals surface area contributed by atoms with Gasteiger partial charge in [0.05, 0.1) is 24.4 Å². The van der Waals surface area contributed by atoms with Gasteiger partial charge in [-0.15, -0.1) is 10.2 Å². The first-order valence-electron chi connectivity index (χ1n) is 6.78. The van der Waals surface area contributed by atoms with E-state index in [1.165, 1.54) is 12.1 Å². The third-order valence-corrected chi connectivity index (χ3v) is 4.47. The molecular weight excluding hydrogens is 301 g/mol. The van der Waals surface area contributed by atoms with Crippen LogP contribution in [0.25, 0.3) is 11.4 Å². The zero-order valence-electron chi connectivity index (χ0n) is 11.6. The first-order valence-corrected chi connectivity index (χ1v) is 7.77. The summed E-state index contributed by atoms with van der Waals surface area (Å²) in [6, 6.07) is 10.4. The highest BCUT2D eigenvalue weighted by molar-refractivity contribution is 7.99. The minimum absolute atomic E-state index is 0.276. The number of benzene rings is 1. The highest BCUT2D eigenvalue weighted by Gasteiger charge is 2.22. The average Bonchev–Trinajstić information content (AvgIpc) is 2.99. The molecule has 4 rings (SSSR count). The van der Waals surface area contributed by atoms with Gasteiger partial charge in [-0.2, -0.15) is 0 Å². The highest BCUT2D eigenvalue weighted by atomic mass is 32.2. The lowest BCUT2D eigenvalue weighted by atomic mass is 10.2. The molecule has 3 aromatic rings. The molecule has 0 bridgehead atoms. The predicted molar refractivity (Wildman–Crippen MR) is 82.9 cm³/mol. The molecule has 1 aliphatic heterocycles. The van der Waals surface area contributed by atoms with Crippen LogP contribution >= 0.6 is 11.8 Å². The summed E-state index contributed by atoms with van der Waals surface area (Å²) in [7, 11) is 0. The molecule has 0 aliphatic carbocycles. The van der Waals surface area contributed by atoms with Crippen LogP contribution in [0.15, 0.2) is 53.9 Å². The Hall–Kier alpha value is -2.41. The number of anilines is 1. The number of hydrogen-bond donors (Lipinski definition) is 0. The molecule has 0 amide bonds. The highest BCUT2D eigenvalue weighted by Crippen LogP contribution is 2.31. The van der Waals surface area contributed by atoms with Gasteiger partial charge in [0.2, 0.25) is 0 Å². The lowest BCUT2D eigenvalue weighted by molar-refractivity contribution is 0.606.